The zero-order chi connectivity index (χ0) is 15.1. The van der Waals surface area contributed by atoms with Gasteiger partial charge >= 0.3 is 0 Å². The Kier molecular flexibility index (Phi) is 5.88. The Bertz CT molecular complexity index is 520. The van der Waals surface area contributed by atoms with Crippen molar-refractivity contribution in [2.24, 2.45) is 5.92 Å². The third-order valence-electron chi connectivity index (χ3n) is 3.59. The van der Waals surface area contributed by atoms with E-state index >= 15 is 0 Å². The molecule has 1 atom stereocenters. The second kappa shape index (κ2) is 7.89. The van der Waals surface area contributed by atoms with E-state index in [1.54, 1.807) is 13.4 Å². The van der Waals surface area contributed by atoms with Crippen molar-refractivity contribution in [3.63, 3.8) is 0 Å². The SMILES string of the molecule is COc1ccccc1CC(CNC(C)C)Cc1ccco1. The summed E-state index contributed by atoms with van der Waals surface area (Å²) < 4.78 is 11.0. The van der Waals surface area contributed by atoms with E-state index in [1.165, 1.54) is 5.56 Å². The molecular formula is C18H25NO2. The van der Waals surface area contributed by atoms with Crippen molar-refractivity contribution in [3.8, 4) is 5.75 Å². The third kappa shape index (κ3) is 4.94. The molecule has 0 aliphatic heterocycles. The van der Waals surface area contributed by atoms with Gasteiger partial charge in [-0.25, -0.2) is 0 Å². The Labute approximate surface area is 127 Å². The van der Waals surface area contributed by atoms with Gasteiger partial charge < -0.3 is 14.5 Å². The summed E-state index contributed by atoms with van der Waals surface area (Å²) in [6.07, 6.45) is 3.65. The molecule has 2 rings (SSSR count). The molecule has 3 heteroatoms. The average Bonchev–Trinajstić information content (AvgIpc) is 2.98. The standard InChI is InChI=1S/C18H25NO2/c1-14(2)19-13-15(12-17-8-6-10-21-17)11-16-7-4-5-9-18(16)20-3/h4-10,14-15,19H,11-13H2,1-3H3. The maximum atomic E-state index is 5.51. The summed E-state index contributed by atoms with van der Waals surface area (Å²) in [4.78, 5) is 0. The van der Waals surface area contributed by atoms with Gasteiger partial charge in [-0.3, -0.25) is 0 Å². The predicted octanol–water partition coefficient (Wildman–Crippen LogP) is 3.69. The zero-order valence-electron chi connectivity index (χ0n) is 13.1. The minimum Gasteiger partial charge on any atom is -0.496 e. The minimum absolute atomic E-state index is 0.481. The van der Waals surface area contributed by atoms with E-state index in [1.807, 2.05) is 24.3 Å². The molecule has 3 nitrogen and oxygen atoms in total. The van der Waals surface area contributed by atoms with Crippen LogP contribution in [0.25, 0.3) is 0 Å². The number of rotatable bonds is 8. The lowest BCUT2D eigenvalue weighted by molar-refractivity contribution is 0.383. The molecule has 0 spiro atoms. The van der Waals surface area contributed by atoms with Crippen LogP contribution >= 0.6 is 0 Å². The fourth-order valence-electron chi connectivity index (χ4n) is 2.51. The predicted molar refractivity (Wildman–Crippen MR) is 85.7 cm³/mol. The van der Waals surface area contributed by atoms with Gasteiger partial charge in [0.15, 0.2) is 0 Å². The molecule has 0 aliphatic carbocycles. The van der Waals surface area contributed by atoms with Crippen LogP contribution in [0.2, 0.25) is 0 Å². The van der Waals surface area contributed by atoms with Gasteiger partial charge in [0.1, 0.15) is 11.5 Å². The summed E-state index contributed by atoms with van der Waals surface area (Å²) in [5.74, 6) is 2.49. The van der Waals surface area contributed by atoms with Crippen LogP contribution in [-0.2, 0) is 12.8 Å². The highest BCUT2D eigenvalue weighted by Gasteiger charge is 2.15. The number of hydrogen-bond acceptors (Lipinski definition) is 3. The number of benzene rings is 1. The summed E-state index contributed by atoms with van der Waals surface area (Å²) in [7, 11) is 1.73. The molecule has 1 heterocycles. The summed E-state index contributed by atoms with van der Waals surface area (Å²) in [6, 6.07) is 12.7. The Hall–Kier alpha value is -1.74. The Balaban J connectivity index is 2.07. The molecule has 1 N–H and O–H groups in total. The van der Waals surface area contributed by atoms with Crippen molar-refractivity contribution in [3.05, 3.63) is 54.0 Å². The topological polar surface area (TPSA) is 34.4 Å². The molecule has 0 saturated carbocycles. The molecule has 0 saturated heterocycles. The highest BCUT2D eigenvalue weighted by atomic mass is 16.5. The van der Waals surface area contributed by atoms with Gasteiger partial charge in [-0.1, -0.05) is 32.0 Å². The van der Waals surface area contributed by atoms with Crippen molar-refractivity contribution in [1.82, 2.24) is 5.32 Å². The van der Waals surface area contributed by atoms with Crippen LogP contribution in [0.3, 0.4) is 0 Å². The molecule has 1 aromatic carbocycles. The fourth-order valence-corrected chi connectivity index (χ4v) is 2.51. The molecule has 0 fully saturated rings. The first-order chi connectivity index (χ1) is 10.2. The lowest BCUT2D eigenvalue weighted by Gasteiger charge is -2.19. The van der Waals surface area contributed by atoms with Crippen molar-refractivity contribution >= 4 is 0 Å². The molecule has 0 amide bonds. The lowest BCUT2D eigenvalue weighted by Crippen LogP contribution is -2.31. The fraction of sp³-hybridized carbons (Fsp3) is 0.444. The van der Waals surface area contributed by atoms with Gasteiger partial charge in [-0.15, -0.1) is 0 Å². The Morgan fingerprint density at radius 2 is 1.90 bits per heavy atom. The highest BCUT2D eigenvalue weighted by Crippen LogP contribution is 2.23. The average molecular weight is 287 g/mol. The second-order valence-electron chi connectivity index (χ2n) is 5.73. The van der Waals surface area contributed by atoms with Crippen LogP contribution in [-0.4, -0.2) is 19.7 Å². The van der Waals surface area contributed by atoms with Gasteiger partial charge in [0.2, 0.25) is 0 Å². The van der Waals surface area contributed by atoms with E-state index in [-0.39, 0.29) is 0 Å². The molecule has 21 heavy (non-hydrogen) atoms. The molecule has 2 aromatic rings. The largest absolute Gasteiger partial charge is 0.496 e. The van der Waals surface area contributed by atoms with Crippen LogP contribution in [0.5, 0.6) is 5.75 Å². The number of hydrogen-bond donors (Lipinski definition) is 1. The molecule has 0 radical (unpaired) electrons. The van der Waals surface area contributed by atoms with Gasteiger partial charge in [0.05, 0.1) is 13.4 Å². The molecule has 1 unspecified atom stereocenters. The molecule has 0 bridgehead atoms. The van der Waals surface area contributed by atoms with Crippen molar-refractivity contribution in [2.45, 2.75) is 32.7 Å². The lowest BCUT2D eigenvalue weighted by atomic mass is 9.94. The summed E-state index contributed by atoms with van der Waals surface area (Å²) in [6.45, 7) is 5.32. The van der Waals surface area contributed by atoms with Gasteiger partial charge in [0.25, 0.3) is 0 Å². The monoisotopic (exact) mass is 287 g/mol. The summed E-state index contributed by atoms with van der Waals surface area (Å²) in [5, 5.41) is 3.53. The second-order valence-corrected chi connectivity index (χ2v) is 5.73. The van der Waals surface area contributed by atoms with Gasteiger partial charge in [0, 0.05) is 12.5 Å². The van der Waals surface area contributed by atoms with E-state index in [9.17, 15) is 0 Å². The molecule has 1 aromatic heterocycles. The number of methoxy groups -OCH3 is 1. The van der Waals surface area contributed by atoms with Gasteiger partial charge in [-0.05, 0) is 42.6 Å². The van der Waals surface area contributed by atoms with Crippen molar-refractivity contribution in [2.75, 3.05) is 13.7 Å². The van der Waals surface area contributed by atoms with E-state index in [0.29, 0.717) is 12.0 Å². The smallest absolute Gasteiger partial charge is 0.122 e. The molecule has 0 aliphatic rings. The first-order valence-corrected chi connectivity index (χ1v) is 7.56. The third-order valence-corrected chi connectivity index (χ3v) is 3.59. The Morgan fingerprint density at radius 1 is 1.10 bits per heavy atom. The zero-order valence-corrected chi connectivity index (χ0v) is 13.1. The van der Waals surface area contributed by atoms with Crippen LogP contribution in [0, 0.1) is 5.92 Å². The normalized spacial score (nSPS) is 12.6. The van der Waals surface area contributed by atoms with Crippen LogP contribution in [0.4, 0.5) is 0 Å². The molecule has 114 valence electrons. The number of ether oxygens (including phenoxy) is 1. The van der Waals surface area contributed by atoms with E-state index in [2.05, 4.69) is 31.3 Å². The maximum Gasteiger partial charge on any atom is 0.122 e. The van der Waals surface area contributed by atoms with Crippen molar-refractivity contribution < 1.29 is 9.15 Å². The first kappa shape index (κ1) is 15.6. The van der Waals surface area contributed by atoms with E-state index in [4.69, 9.17) is 9.15 Å². The molecular weight excluding hydrogens is 262 g/mol. The number of nitrogens with one attached hydrogen (secondary N) is 1. The van der Waals surface area contributed by atoms with Crippen LogP contribution in [0.15, 0.2) is 47.1 Å². The Morgan fingerprint density at radius 3 is 2.57 bits per heavy atom. The quantitative estimate of drug-likeness (QED) is 0.804. The summed E-state index contributed by atoms with van der Waals surface area (Å²) in [5.41, 5.74) is 1.25. The first-order valence-electron chi connectivity index (χ1n) is 7.56. The highest BCUT2D eigenvalue weighted by molar-refractivity contribution is 5.33. The van der Waals surface area contributed by atoms with Crippen LogP contribution < -0.4 is 10.1 Å². The van der Waals surface area contributed by atoms with Crippen molar-refractivity contribution in [1.29, 1.82) is 0 Å². The van der Waals surface area contributed by atoms with E-state index in [0.717, 1.165) is 30.9 Å². The van der Waals surface area contributed by atoms with Crippen LogP contribution in [0.1, 0.15) is 25.2 Å². The number of furan rings is 1. The number of para-hydroxylation sites is 1. The van der Waals surface area contributed by atoms with E-state index < -0.39 is 0 Å². The minimum atomic E-state index is 0.481. The summed E-state index contributed by atoms with van der Waals surface area (Å²) >= 11 is 0. The van der Waals surface area contributed by atoms with Gasteiger partial charge in [-0.2, -0.15) is 0 Å². The maximum absolute atomic E-state index is 5.51.